The molecule has 0 saturated carbocycles. The predicted octanol–water partition coefficient (Wildman–Crippen LogP) is 2.01. The second-order valence-corrected chi connectivity index (χ2v) is 5.11. The molecule has 1 aromatic carbocycles. The van der Waals surface area contributed by atoms with Gasteiger partial charge in [-0.3, -0.25) is 15.5 Å². The molecule has 0 spiro atoms. The van der Waals surface area contributed by atoms with Gasteiger partial charge in [-0.1, -0.05) is 45.0 Å². The molecule has 0 unspecified atom stereocenters. The molecule has 0 aliphatic carbocycles. The van der Waals surface area contributed by atoms with Gasteiger partial charge in [-0.05, 0) is 22.6 Å². The summed E-state index contributed by atoms with van der Waals surface area (Å²) in [5.41, 5.74) is 7.29. The molecule has 0 heterocycles. The lowest BCUT2D eigenvalue weighted by Crippen LogP contribution is -2.34. The molecule has 0 atom stereocenters. The van der Waals surface area contributed by atoms with Crippen LogP contribution < -0.4 is 11.1 Å². The van der Waals surface area contributed by atoms with Gasteiger partial charge in [-0.25, -0.2) is 0 Å². The number of rotatable bonds is 2. The van der Waals surface area contributed by atoms with Gasteiger partial charge in [0.1, 0.15) is 0 Å². The van der Waals surface area contributed by atoms with E-state index in [1.165, 1.54) is 11.6 Å². The Morgan fingerprint density at radius 1 is 1.39 bits per heavy atom. The van der Waals surface area contributed by atoms with Crippen molar-refractivity contribution in [3.63, 3.8) is 0 Å². The normalized spacial score (nSPS) is 11.5. The van der Waals surface area contributed by atoms with E-state index in [4.69, 9.17) is 11.1 Å². The molecule has 1 amide bonds. The lowest BCUT2D eigenvalue weighted by Gasteiger charge is -2.19. The maximum Gasteiger partial charge on any atom is 0.250 e. The quantitative estimate of drug-likeness (QED) is 0.423. The maximum absolute atomic E-state index is 11.3. The van der Waals surface area contributed by atoms with Crippen LogP contribution in [0.5, 0.6) is 0 Å². The van der Waals surface area contributed by atoms with E-state index < -0.39 is 5.91 Å². The summed E-state index contributed by atoms with van der Waals surface area (Å²) in [4.78, 5) is 11.3. The van der Waals surface area contributed by atoms with E-state index in [1.54, 1.807) is 6.08 Å². The fourth-order valence-corrected chi connectivity index (χ4v) is 1.46. The van der Waals surface area contributed by atoms with Crippen LogP contribution in [0.2, 0.25) is 0 Å². The fourth-order valence-electron chi connectivity index (χ4n) is 1.46. The van der Waals surface area contributed by atoms with Gasteiger partial charge in [0.25, 0.3) is 5.91 Å². The first-order valence-corrected chi connectivity index (χ1v) is 5.72. The summed E-state index contributed by atoms with van der Waals surface area (Å²) in [6.45, 7) is 6.41. The van der Waals surface area contributed by atoms with Gasteiger partial charge in [0.15, 0.2) is 5.96 Å². The van der Waals surface area contributed by atoms with Crippen LogP contribution >= 0.6 is 0 Å². The monoisotopic (exact) mass is 245 g/mol. The van der Waals surface area contributed by atoms with Gasteiger partial charge in [0.2, 0.25) is 0 Å². The molecule has 1 aromatic rings. The number of amides is 1. The van der Waals surface area contributed by atoms with E-state index in [2.05, 4.69) is 32.2 Å². The van der Waals surface area contributed by atoms with Crippen LogP contribution in [0.25, 0.3) is 6.08 Å². The zero-order valence-corrected chi connectivity index (χ0v) is 10.9. The average Bonchev–Trinajstić information content (AvgIpc) is 2.25. The molecule has 18 heavy (non-hydrogen) atoms. The van der Waals surface area contributed by atoms with Gasteiger partial charge in [0.05, 0.1) is 0 Å². The summed E-state index contributed by atoms with van der Waals surface area (Å²) in [6.07, 6.45) is 3.07. The summed E-state index contributed by atoms with van der Waals surface area (Å²) in [7, 11) is 0. The molecule has 4 N–H and O–H groups in total. The molecule has 0 aliphatic rings. The van der Waals surface area contributed by atoms with Gasteiger partial charge < -0.3 is 5.73 Å². The van der Waals surface area contributed by atoms with Crippen LogP contribution in [0.1, 0.15) is 31.9 Å². The minimum absolute atomic E-state index is 0.0749. The second kappa shape index (κ2) is 5.49. The summed E-state index contributed by atoms with van der Waals surface area (Å²) in [5.74, 6) is -0.753. The van der Waals surface area contributed by atoms with Crippen molar-refractivity contribution in [1.82, 2.24) is 5.32 Å². The highest BCUT2D eigenvalue weighted by Crippen LogP contribution is 2.23. The second-order valence-electron chi connectivity index (χ2n) is 5.11. The highest BCUT2D eigenvalue weighted by molar-refractivity contribution is 6.02. The Morgan fingerprint density at radius 2 is 2.06 bits per heavy atom. The SMILES string of the molecule is CC(C)(C)c1cccc(C=CC(=O)NC(=N)N)c1. The van der Waals surface area contributed by atoms with E-state index in [0.29, 0.717) is 0 Å². The third-order valence-electron chi connectivity index (χ3n) is 2.44. The minimum atomic E-state index is -0.399. The zero-order chi connectivity index (χ0) is 13.8. The molecule has 96 valence electrons. The standard InChI is InChI=1S/C14H19N3O/c1-14(2,3)11-6-4-5-10(9-11)7-8-12(18)17-13(15)16/h4-9H,1-3H3,(H4,15,16,17,18). The third-order valence-corrected chi connectivity index (χ3v) is 2.44. The molecular weight excluding hydrogens is 226 g/mol. The molecule has 0 saturated heterocycles. The molecule has 0 aromatic heterocycles. The summed E-state index contributed by atoms with van der Waals surface area (Å²) in [6, 6.07) is 7.99. The number of hydrogen-bond donors (Lipinski definition) is 3. The van der Waals surface area contributed by atoms with Gasteiger partial charge in [-0.15, -0.1) is 0 Å². The zero-order valence-electron chi connectivity index (χ0n) is 10.9. The highest BCUT2D eigenvalue weighted by atomic mass is 16.1. The number of carbonyl (C=O) groups excluding carboxylic acids is 1. The lowest BCUT2D eigenvalue weighted by molar-refractivity contribution is -0.115. The fraction of sp³-hybridized carbons (Fsp3) is 0.286. The summed E-state index contributed by atoms with van der Waals surface area (Å²) >= 11 is 0. The van der Waals surface area contributed by atoms with E-state index >= 15 is 0 Å². The van der Waals surface area contributed by atoms with Gasteiger partial charge in [-0.2, -0.15) is 0 Å². The first-order valence-electron chi connectivity index (χ1n) is 5.72. The maximum atomic E-state index is 11.3. The van der Waals surface area contributed by atoms with Crippen LogP contribution in [0, 0.1) is 5.41 Å². The van der Waals surface area contributed by atoms with Crippen molar-refractivity contribution < 1.29 is 4.79 Å². The lowest BCUT2D eigenvalue weighted by atomic mass is 9.86. The first kappa shape index (κ1) is 14.0. The van der Waals surface area contributed by atoms with Crippen LogP contribution in [0.15, 0.2) is 30.3 Å². The Kier molecular flexibility index (Phi) is 4.26. The minimum Gasteiger partial charge on any atom is -0.370 e. The van der Waals surface area contributed by atoms with E-state index in [1.807, 2.05) is 18.2 Å². The van der Waals surface area contributed by atoms with Crippen molar-refractivity contribution in [2.75, 3.05) is 0 Å². The molecule has 4 heteroatoms. The molecule has 4 nitrogen and oxygen atoms in total. The molecule has 1 rings (SSSR count). The predicted molar refractivity (Wildman–Crippen MR) is 74.2 cm³/mol. The number of guanidine groups is 1. The van der Waals surface area contributed by atoms with Crippen LogP contribution in [0.3, 0.4) is 0 Å². The molecule has 0 radical (unpaired) electrons. The Bertz CT molecular complexity index is 484. The highest BCUT2D eigenvalue weighted by Gasteiger charge is 2.12. The summed E-state index contributed by atoms with van der Waals surface area (Å²) in [5, 5.41) is 9.13. The number of hydrogen-bond acceptors (Lipinski definition) is 2. The average molecular weight is 245 g/mol. The van der Waals surface area contributed by atoms with Crippen molar-refractivity contribution >= 4 is 17.9 Å². The number of carbonyl (C=O) groups is 1. The van der Waals surface area contributed by atoms with E-state index in [9.17, 15) is 4.79 Å². The van der Waals surface area contributed by atoms with Crippen molar-refractivity contribution in [2.45, 2.75) is 26.2 Å². The third kappa shape index (κ3) is 4.41. The van der Waals surface area contributed by atoms with E-state index in [0.717, 1.165) is 5.56 Å². The van der Waals surface area contributed by atoms with Crippen molar-refractivity contribution in [1.29, 1.82) is 5.41 Å². The Balaban J connectivity index is 2.83. The molecule has 0 bridgehead atoms. The Labute approximate surface area is 107 Å². The van der Waals surface area contributed by atoms with Crippen LogP contribution in [0.4, 0.5) is 0 Å². The van der Waals surface area contributed by atoms with Gasteiger partial charge in [0, 0.05) is 6.08 Å². The van der Waals surface area contributed by atoms with Crippen molar-refractivity contribution in [2.24, 2.45) is 5.73 Å². The largest absolute Gasteiger partial charge is 0.370 e. The first-order chi connectivity index (χ1) is 8.29. The Hall–Kier alpha value is -2.10. The summed E-state index contributed by atoms with van der Waals surface area (Å²) < 4.78 is 0. The van der Waals surface area contributed by atoms with Crippen LogP contribution in [-0.4, -0.2) is 11.9 Å². The Morgan fingerprint density at radius 3 is 2.61 bits per heavy atom. The molecule has 0 aliphatic heterocycles. The van der Waals surface area contributed by atoms with Gasteiger partial charge >= 0.3 is 0 Å². The molecule has 0 fully saturated rings. The smallest absolute Gasteiger partial charge is 0.250 e. The number of nitrogens with two attached hydrogens (primary N) is 1. The molecular formula is C14H19N3O. The number of nitrogens with one attached hydrogen (secondary N) is 2. The van der Waals surface area contributed by atoms with Crippen LogP contribution in [-0.2, 0) is 10.2 Å². The van der Waals surface area contributed by atoms with Crippen molar-refractivity contribution in [3.05, 3.63) is 41.5 Å². The topological polar surface area (TPSA) is 79.0 Å². The van der Waals surface area contributed by atoms with Crippen molar-refractivity contribution in [3.8, 4) is 0 Å². The van der Waals surface area contributed by atoms with E-state index in [-0.39, 0.29) is 11.4 Å². The number of benzene rings is 1.